The van der Waals surface area contributed by atoms with Crippen molar-refractivity contribution >= 4 is 35.0 Å². The molecule has 0 aliphatic carbocycles. The predicted molar refractivity (Wildman–Crippen MR) is 109 cm³/mol. The minimum atomic E-state index is -0.625. The van der Waals surface area contributed by atoms with Crippen LogP contribution < -0.4 is 5.56 Å². The van der Waals surface area contributed by atoms with Gasteiger partial charge in [0.15, 0.2) is 5.78 Å². The first-order valence-corrected chi connectivity index (χ1v) is 9.32. The minimum absolute atomic E-state index is 0.0361. The Bertz CT molecular complexity index is 1160. The Labute approximate surface area is 176 Å². The van der Waals surface area contributed by atoms with E-state index < -0.39 is 11.5 Å². The zero-order valence-corrected chi connectivity index (χ0v) is 17.4. The third kappa shape index (κ3) is 3.97. The fourth-order valence-corrected chi connectivity index (χ4v) is 3.36. The van der Waals surface area contributed by atoms with Gasteiger partial charge in [0.25, 0.3) is 5.56 Å². The smallest absolute Gasteiger partial charge is 0.337 e. The molecule has 3 aromatic rings. The van der Waals surface area contributed by atoms with Crippen molar-refractivity contribution in [2.45, 2.75) is 20.4 Å². The van der Waals surface area contributed by atoms with E-state index in [1.807, 2.05) is 11.5 Å². The minimum Gasteiger partial charge on any atom is -0.465 e. The molecule has 0 unspecified atom stereocenters. The molecule has 29 heavy (non-hydrogen) atoms. The van der Waals surface area contributed by atoms with Crippen LogP contribution in [0.2, 0.25) is 10.0 Å². The molecule has 0 fully saturated rings. The zero-order valence-electron chi connectivity index (χ0n) is 15.9. The first-order chi connectivity index (χ1) is 13.7. The number of nitrogens with zero attached hydrogens (tertiary/aromatic N) is 3. The monoisotopic (exact) mass is 433 g/mol. The third-order valence-electron chi connectivity index (χ3n) is 4.51. The van der Waals surface area contributed by atoms with E-state index in [1.165, 1.54) is 13.3 Å². The van der Waals surface area contributed by atoms with Gasteiger partial charge in [0.1, 0.15) is 11.6 Å². The molecule has 1 aromatic carbocycles. The highest BCUT2D eigenvalue weighted by Gasteiger charge is 2.19. The number of hydrogen-bond donors (Lipinski definition) is 0. The lowest BCUT2D eigenvalue weighted by Crippen LogP contribution is -2.27. The summed E-state index contributed by atoms with van der Waals surface area (Å²) in [5, 5.41) is 3.73. The number of rotatable bonds is 5. The largest absolute Gasteiger partial charge is 0.465 e. The second-order valence-corrected chi connectivity index (χ2v) is 7.14. The summed E-state index contributed by atoms with van der Waals surface area (Å²) < 4.78 is 7.57. The third-order valence-corrected chi connectivity index (χ3v) is 5.26. The fraction of sp³-hybridized carbons (Fsp3) is 0.200. The molecule has 0 radical (unpaired) electrons. The summed E-state index contributed by atoms with van der Waals surface area (Å²) >= 11 is 11.6. The molecule has 0 N–H and O–H groups in total. The van der Waals surface area contributed by atoms with Gasteiger partial charge in [0.05, 0.1) is 23.9 Å². The maximum Gasteiger partial charge on any atom is 0.337 e. The number of carbonyl (C=O) groups excluding carboxylic acids is 2. The predicted octanol–water partition coefficient (Wildman–Crippen LogP) is 3.63. The van der Waals surface area contributed by atoms with Crippen LogP contribution in [0.5, 0.6) is 0 Å². The van der Waals surface area contributed by atoms with Gasteiger partial charge in [-0.25, -0.2) is 9.48 Å². The summed E-state index contributed by atoms with van der Waals surface area (Å²) in [5.41, 5.74) is 2.58. The number of hydrogen-bond acceptors (Lipinski definition) is 5. The highest BCUT2D eigenvalue weighted by atomic mass is 35.5. The second-order valence-electron chi connectivity index (χ2n) is 6.35. The van der Waals surface area contributed by atoms with Crippen molar-refractivity contribution in [1.82, 2.24) is 14.3 Å². The van der Waals surface area contributed by atoms with Crippen molar-refractivity contribution in [2.75, 3.05) is 7.11 Å². The van der Waals surface area contributed by atoms with Crippen molar-refractivity contribution < 1.29 is 14.3 Å². The van der Waals surface area contributed by atoms with Crippen LogP contribution in [0.25, 0.3) is 5.69 Å². The van der Waals surface area contributed by atoms with E-state index >= 15 is 0 Å². The van der Waals surface area contributed by atoms with E-state index in [2.05, 4.69) is 5.10 Å². The summed E-state index contributed by atoms with van der Waals surface area (Å²) in [7, 11) is 1.32. The highest BCUT2D eigenvalue weighted by Crippen LogP contribution is 2.22. The Balaban J connectivity index is 1.93. The van der Waals surface area contributed by atoms with Gasteiger partial charge in [-0.15, -0.1) is 0 Å². The first-order valence-electron chi connectivity index (χ1n) is 8.56. The molecule has 0 saturated heterocycles. The Hall–Kier alpha value is -2.90. The van der Waals surface area contributed by atoms with Crippen molar-refractivity contribution in [3.8, 4) is 5.69 Å². The number of ether oxygens (including phenoxy) is 1. The standard InChI is InChI=1S/C20H17Cl2N3O4/c1-11-8-15(17(26)10-24-19(27)18(22)16(21)9-23-24)12(2)25(11)14-6-4-13(5-7-14)20(28)29-3/h4-9H,10H2,1-3H3. The van der Waals surface area contributed by atoms with E-state index in [-0.39, 0.29) is 22.4 Å². The normalized spacial score (nSPS) is 10.8. The van der Waals surface area contributed by atoms with Gasteiger partial charge in [-0.3, -0.25) is 9.59 Å². The van der Waals surface area contributed by atoms with Crippen LogP contribution in [0.1, 0.15) is 32.1 Å². The fourth-order valence-electron chi connectivity index (χ4n) is 3.09. The number of ketones is 1. The average molecular weight is 434 g/mol. The lowest BCUT2D eigenvalue weighted by atomic mass is 10.1. The van der Waals surface area contributed by atoms with Gasteiger partial charge < -0.3 is 9.30 Å². The molecule has 9 heteroatoms. The quantitative estimate of drug-likeness (QED) is 0.453. The number of halogens is 2. The summed E-state index contributed by atoms with van der Waals surface area (Å²) in [6.45, 7) is 3.41. The van der Waals surface area contributed by atoms with Crippen LogP contribution in [-0.2, 0) is 11.3 Å². The SMILES string of the molecule is COC(=O)c1ccc(-n2c(C)cc(C(=O)Cn3ncc(Cl)c(Cl)c3=O)c2C)cc1. The Morgan fingerprint density at radius 1 is 1.14 bits per heavy atom. The molecule has 0 aliphatic heterocycles. The number of aromatic nitrogens is 3. The van der Waals surface area contributed by atoms with Gasteiger partial charge in [0, 0.05) is 22.6 Å². The number of aryl methyl sites for hydroxylation is 1. The number of carbonyl (C=O) groups is 2. The highest BCUT2D eigenvalue weighted by molar-refractivity contribution is 6.41. The zero-order chi connectivity index (χ0) is 21.3. The van der Waals surface area contributed by atoms with E-state index in [9.17, 15) is 14.4 Å². The molecular formula is C20H17Cl2N3O4. The van der Waals surface area contributed by atoms with Gasteiger partial charge in [-0.2, -0.15) is 5.10 Å². The summed E-state index contributed by atoms with van der Waals surface area (Å²) in [5.74, 6) is -0.712. The van der Waals surface area contributed by atoms with Crippen LogP contribution in [0.4, 0.5) is 0 Å². The Morgan fingerprint density at radius 3 is 2.41 bits per heavy atom. The van der Waals surface area contributed by atoms with Crippen molar-refractivity contribution in [1.29, 1.82) is 0 Å². The Kier molecular flexibility index (Phi) is 5.91. The van der Waals surface area contributed by atoms with Gasteiger partial charge in [-0.1, -0.05) is 23.2 Å². The molecule has 0 bridgehead atoms. The van der Waals surface area contributed by atoms with Crippen LogP contribution in [0.15, 0.2) is 41.3 Å². The number of benzene rings is 1. The maximum absolute atomic E-state index is 12.8. The van der Waals surface area contributed by atoms with Gasteiger partial charge >= 0.3 is 5.97 Å². The van der Waals surface area contributed by atoms with Crippen molar-refractivity contribution in [3.63, 3.8) is 0 Å². The maximum atomic E-state index is 12.8. The van der Waals surface area contributed by atoms with Crippen LogP contribution in [-0.4, -0.2) is 33.2 Å². The molecule has 2 aromatic heterocycles. The lowest BCUT2D eigenvalue weighted by Gasteiger charge is -2.11. The summed E-state index contributed by atoms with van der Waals surface area (Å²) in [6, 6.07) is 8.59. The van der Waals surface area contributed by atoms with Crippen LogP contribution >= 0.6 is 23.2 Å². The summed E-state index contributed by atoms with van der Waals surface area (Å²) in [6.07, 6.45) is 1.23. The van der Waals surface area contributed by atoms with E-state index in [1.54, 1.807) is 37.3 Å². The van der Waals surface area contributed by atoms with E-state index in [4.69, 9.17) is 27.9 Å². The van der Waals surface area contributed by atoms with Crippen molar-refractivity contribution in [2.24, 2.45) is 0 Å². The molecule has 150 valence electrons. The molecule has 3 rings (SSSR count). The average Bonchev–Trinajstić information content (AvgIpc) is 3.02. The molecule has 0 spiro atoms. The molecule has 0 saturated carbocycles. The number of Topliss-reactive ketones (excluding diaryl/α,β-unsaturated/α-hetero) is 1. The van der Waals surface area contributed by atoms with Crippen LogP contribution in [0, 0.1) is 13.8 Å². The van der Waals surface area contributed by atoms with E-state index in [0.717, 1.165) is 16.1 Å². The molecule has 2 heterocycles. The number of esters is 1. The molecule has 7 nitrogen and oxygen atoms in total. The Morgan fingerprint density at radius 2 is 1.79 bits per heavy atom. The molecular weight excluding hydrogens is 417 g/mol. The van der Waals surface area contributed by atoms with Gasteiger partial charge in [0.2, 0.25) is 0 Å². The molecule has 0 aliphatic rings. The van der Waals surface area contributed by atoms with Crippen LogP contribution in [0.3, 0.4) is 0 Å². The van der Waals surface area contributed by atoms with Crippen molar-refractivity contribution in [3.05, 3.63) is 79.4 Å². The summed E-state index contributed by atoms with van der Waals surface area (Å²) in [4.78, 5) is 36.6. The molecule has 0 amide bonds. The second kappa shape index (κ2) is 8.23. The lowest BCUT2D eigenvalue weighted by molar-refractivity contribution is 0.0600. The number of methoxy groups -OCH3 is 1. The van der Waals surface area contributed by atoms with E-state index in [0.29, 0.717) is 16.8 Å². The first kappa shape index (κ1) is 20.8. The van der Waals surface area contributed by atoms with Gasteiger partial charge in [-0.05, 0) is 44.2 Å². The topological polar surface area (TPSA) is 83.2 Å². The molecule has 0 atom stereocenters.